The summed E-state index contributed by atoms with van der Waals surface area (Å²) in [5, 5.41) is 6.26. The summed E-state index contributed by atoms with van der Waals surface area (Å²) in [6.45, 7) is 1.73. The van der Waals surface area contributed by atoms with Gasteiger partial charge in [0.15, 0.2) is 5.92 Å². The molecule has 0 radical (unpaired) electrons. The molecule has 0 saturated carbocycles. The molecule has 3 rings (SSSR count). The molecule has 1 aliphatic heterocycles. The highest BCUT2D eigenvalue weighted by Crippen LogP contribution is 2.24. The summed E-state index contributed by atoms with van der Waals surface area (Å²) in [6, 6.07) is 10.2. The van der Waals surface area contributed by atoms with E-state index in [0.29, 0.717) is 16.3 Å². The third-order valence-corrected chi connectivity index (χ3v) is 4.67. The number of benzene rings is 2. The van der Waals surface area contributed by atoms with Gasteiger partial charge in [-0.2, -0.15) is 5.10 Å². The van der Waals surface area contributed by atoms with E-state index in [1.54, 1.807) is 31.2 Å². The van der Waals surface area contributed by atoms with Crippen LogP contribution in [-0.2, 0) is 9.59 Å². The van der Waals surface area contributed by atoms with Crippen LogP contribution in [0.25, 0.3) is 0 Å². The largest absolute Gasteiger partial charge is 0.335 e. The van der Waals surface area contributed by atoms with Gasteiger partial charge in [-0.25, -0.2) is 15.1 Å². The second-order valence-electron chi connectivity index (χ2n) is 6.08. The second-order valence-corrected chi connectivity index (χ2v) is 6.92. The number of nitrogens with zero attached hydrogens (tertiary/aromatic N) is 2. The Kier molecular flexibility index (Phi) is 5.95. The van der Waals surface area contributed by atoms with Gasteiger partial charge >= 0.3 is 6.03 Å². The van der Waals surface area contributed by atoms with Crippen LogP contribution in [0.5, 0.6) is 0 Å². The van der Waals surface area contributed by atoms with E-state index in [0.717, 1.165) is 11.1 Å². The van der Waals surface area contributed by atoms with Crippen molar-refractivity contribution in [3.05, 3.63) is 63.6 Å². The fourth-order valence-corrected chi connectivity index (χ4v) is 3.16. The zero-order valence-corrected chi connectivity index (χ0v) is 16.5. The molecule has 0 unspecified atom stereocenters. The Bertz CT molecular complexity index is 1050. The Morgan fingerprint density at radius 1 is 1.17 bits per heavy atom. The summed E-state index contributed by atoms with van der Waals surface area (Å²) in [5.74, 6) is -3.67. The number of aryl methyl sites for hydroxylation is 1. The Labute approximate surface area is 175 Å². The van der Waals surface area contributed by atoms with E-state index in [1.807, 2.05) is 0 Å². The van der Waals surface area contributed by atoms with Crippen LogP contribution in [0.15, 0.2) is 47.6 Å². The fourth-order valence-electron chi connectivity index (χ4n) is 2.67. The van der Waals surface area contributed by atoms with Crippen LogP contribution >= 0.6 is 23.2 Å². The predicted octanol–water partition coefficient (Wildman–Crippen LogP) is 2.92. The molecule has 8 nitrogen and oxygen atoms in total. The van der Waals surface area contributed by atoms with Crippen LogP contribution in [0.2, 0.25) is 10.0 Å². The highest BCUT2D eigenvalue weighted by atomic mass is 35.5. The van der Waals surface area contributed by atoms with Gasteiger partial charge in [-0.05, 0) is 36.8 Å². The van der Waals surface area contributed by atoms with Crippen molar-refractivity contribution in [3.63, 3.8) is 0 Å². The summed E-state index contributed by atoms with van der Waals surface area (Å²) in [7, 11) is 0. The number of hydrogen-bond acceptors (Lipinski definition) is 5. The lowest BCUT2D eigenvalue weighted by atomic mass is 10.0. The van der Waals surface area contributed by atoms with E-state index < -0.39 is 29.7 Å². The highest BCUT2D eigenvalue weighted by Gasteiger charge is 2.41. The van der Waals surface area contributed by atoms with Gasteiger partial charge in [-0.1, -0.05) is 41.4 Å². The van der Waals surface area contributed by atoms with Crippen molar-refractivity contribution >= 4 is 58.9 Å². The monoisotopic (exact) mass is 432 g/mol. The first-order valence-electron chi connectivity index (χ1n) is 8.32. The highest BCUT2D eigenvalue weighted by molar-refractivity contribution is 6.37. The van der Waals surface area contributed by atoms with Crippen molar-refractivity contribution in [3.8, 4) is 0 Å². The van der Waals surface area contributed by atoms with Gasteiger partial charge in [0.05, 0.1) is 16.3 Å². The van der Waals surface area contributed by atoms with Crippen molar-refractivity contribution in [2.24, 2.45) is 11.0 Å². The van der Waals surface area contributed by atoms with Gasteiger partial charge in [0, 0.05) is 11.2 Å². The van der Waals surface area contributed by atoms with Crippen LogP contribution in [0.3, 0.4) is 0 Å². The van der Waals surface area contributed by atoms with Gasteiger partial charge in [0.1, 0.15) is 0 Å². The smallest absolute Gasteiger partial charge is 0.276 e. The molecule has 10 heteroatoms. The Morgan fingerprint density at radius 3 is 2.59 bits per heavy atom. The first-order valence-corrected chi connectivity index (χ1v) is 9.08. The van der Waals surface area contributed by atoms with Crippen molar-refractivity contribution < 1.29 is 19.2 Å². The maximum Gasteiger partial charge on any atom is 0.335 e. The molecule has 1 heterocycles. The molecule has 0 spiro atoms. The van der Waals surface area contributed by atoms with Crippen LogP contribution in [0, 0.1) is 12.8 Å². The molecule has 1 fully saturated rings. The van der Waals surface area contributed by atoms with E-state index >= 15 is 0 Å². The average Bonchev–Trinajstić information content (AvgIpc) is 2.65. The maximum absolute atomic E-state index is 12.7. The van der Waals surface area contributed by atoms with Crippen molar-refractivity contribution in [2.75, 3.05) is 4.90 Å². The summed E-state index contributed by atoms with van der Waals surface area (Å²) in [5.41, 5.74) is 3.33. The molecule has 1 atom stereocenters. The second kappa shape index (κ2) is 8.42. The Balaban J connectivity index is 1.78. The summed E-state index contributed by atoms with van der Waals surface area (Å²) < 4.78 is 0. The fraction of sp³-hybridized carbons (Fsp3) is 0.105. The first-order chi connectivity index (χ1) is 13.8. The third kappa shape index (κ3) is 4.28. The minimum atomic E-state index is -1.40. The number of nitrogens with one attached hydrogen (secondary N) is 2. The number of para-hydroxylation sites is 1. The minimum Gasteiger partial charge on any atom is -0.276 e. The number of hydrogen-bond donors (Lipinski definition) is 2. The standard InChI is InChI=1S/C19H14Cl2N4O4/c1-10-4-2-3-5-15(10)25-18(28)13(16(26)23-19(25)29)9-22-24-17(27)12-7-6-11(20)8-14(12)21/h2-9,13H,1H3,(H,24,27)(H,23,26,29)/b22-9-/t13-/m1/s1. The number of carbonyl (C=O) groups excluding carboxylic acids is 4. The molecule has 2 aromatic rings. The molecule has 29 heavy (non-hydrogen) atoms. The molecule has 2 aromatic carbocycles. The van der Waals surface area contributed by atoms with Crippen molar-refractivity contribution in [2.45, 2.75) is 6.92 Å². The number of imide groups is 2. The number of halogens is 2. The lowest BCUT2D eigenvalue weighted by Crippen LogP contribution is -2.59. The van der Waals surface area contributed by atoms with Gasteiger partial charge in [-0.15, -0.1) is 0 Å². The van der Waals surface area contributed by atoms with E-state index in [2.05, 4.69) is 15.8 Å². The molecule has 0 aromatic heterocycles. The zero-order chi connectivity index (χ0) is 21.1. The first kappa shape index (κ1) is 20.5. The quantitative estimate of drug-likeness (QED) is 0.439. The lowest BCUT2D eigenvalue weighted by Gasteiger charge is -2.29. The van der Waals surface area contributed by atoms with E-state index in [9.17, 15) is 19.2 Å². The molecular weight excluding hydrogens is 419 g/mol. The van der Waals surface area contributed by atoms with Gasteiger partial charge < -0.3 is 0 Å². The molecule has 1 aliphatic rings. The number of amides is 5. The molecule has 0 aliphatic carbocycles. The molecule has 2 N–H and O–H groups in total. The SMILES string of the molecule is Cc1ccccc1N1C(=O)NC(=O)[C@@H](/C=N\NC(=O)c2ccc(Cl)cc2Cl)C1=O. The van der Waals surface area contributed by atoms with Crippen LogP contribution < -0.4 is 15.6 Å². The number of hydrazone groups is 1. The lowest BCUT2D eigenvalue weighted by molar-refractivity contribution is -0.131. The number of urea groups is 1. The maximum atomic E-state index is 12.7. The summed E-state index contributed by atoms with van der Waals surface area (Å²) >= 11 is 11.7. The normalized spacial score (nSPS) is 16.9. The molecule has 0 bridgehead atoms. The summed E-state index contributed by atoms with van der Waals surface area (Å²) in [6.07, 6.45) is 0.955. The van der Waals surface area contributed by atoms with Gasteiger partial charge in [-0.3, -0.25) is 19.7 Å². The number of rotatable bonds is 4. The summed E-state index contributed by atoms with van der Waals surface area (Å²) in [4.78, 5) is 50.0. The molecule has 5 amide bonds. The van der Waals surface area contributed by atoms with Crippen LogP contribution in [0.1, 0.15) is 15.9 Å². The van der Waals surface area contributed by atoms with Crippen molar-refractivity contribution in [1.29, 1.82) is 0 Å². The van der Waals surface area contributed by atoms with E-state index in [1.165, 1.54) is 18.2 Å². The molecule has 1 saturated heterocycles. The topological polar surface area (TPSA) is 108 Å². The molecule has 148 valence electrons. The minimum absolute atomic E-state index is 0.115. The van der Waals surface area contributed by atoms with E-state index in [-0.39, 0.29) is 10.6 Å². The van der Waals surface area contributed by atoms with E-state index in [4.69, 9.17) is 23.2 Å². The average molecular weight is 433 g/mol. The van der Waals surface area contributed by atoms with Crippen LogP contribution in [-0.4, -0.2) is 30.0 Å². The third-order valence-electron chi connectivity index (χ3n) is 4.12. The molecular formula is C19H14Cl2N4O4. The predicted molar refractivity (Wildman–Crippen MR) is 108 cm³/mol. The Morgan fingerprint density at radius 2 is 1.90 bits per heavy atom. The number of anilines is 1. The zero-order valence-electron chi connectivity index (χ0n) is 15.0. The van der Waals surface area contributed by atoms with Gasteiger partial charge in [0.2, 0.25) is 5.91 Å². The van der Waals surface area contributed by atoms with Crippen LogP contribution in [0.4, 0.5) is 10.5 Å². The van der Waals surface area contributed by atoms with Crippen molar-refractivity contribution in [1.82, 2.24) is 10.7 Å². The Hall–Kier alpha value is -3.23. The van der Waals surface area contributed by atoms with Gasteiger partial charge in [0.25, 0.3) is 11.8 Å². The number of carbonyl (C=O) groups is 4. The number of barbiturate groups is 1.